The van der Waals surface area contributed by atoms with Gasteiger partial charge < -0.3 is 4.98 Å². The smallest absolute Gasteiger partial charge is 0.313 e. The largest absolute Gasteiger partial charge is 0.325 e. The van der Waals surface area contributed by atoms with E-state index in [-0.39, 0.29) is 5.69 Å². The molecule has 0 spiro atoms. The Hall–Kier alpha value is -0.990. The molecule has 0 saturated heterocycles. The Morgan fingerprint density at radius 2 is 2.17 bits per heavy atom. The maximum absolute atomic E-state index is 11.1. The van der Waals surface area contributed by atoms with Gasteiger partial charge in [0.1, 0.15) is 0 Å². The summed E-state index contributed by atoms with van der Waals surface area (Å²) in [7, 11) is 0. The molecule has 12 heavy (non-hydrogen) atoms. The van der Waals surface area contributed by atoms with Crippen molar-refractivity contribution in [2.24, 2.45) is 11.8 Å². The number of imidazole rings is 1. The Kier molecular flexibility index (Phi) is 2.74. The standard InChI is InChI=1S/C9H16N2O/c1-7(2)8(3)6-11-5-4-10-9(11)12/h4-5,7-8H,6H2,1-3H3,(H,10,12). The summed E-state index contributed by atoms with van der Waals surface area (Å²) in [6, 6.07) is 0. The summed E-state index contributed by atoms with van der Waals surface area (Å²) in [5, 5.41) is 0. The maximum atomic E-state index is 11.1. The lowest BCUT2D eigenvalue weighted by Crippen LogP contribution is -2.22. The van der Waals surface area contributed by atoms with E-state index in [1.54, 1.807) is 17.0 Å². The molecule has 3 nitrogen and oxygen atoms in total. The van der Waals surface area contributed by atoms with Crippen LogP contribution in [0.25, 0.3) is 0 Å². The maximum Gasteiger partial charge on any atom is 0.325 e. The summed E-state index contributed by atoms with van der Waals surface area (Å²) in [6.07, 6.45) is 3.47. The number of H-pyrrole nitrogens is 1. The van der Waals surface area contributed by atoms with E-state index in [9.17, 15) is 4.79 Å². The van der Waals surface area contributed by atoms with Gasteiger partial charge in [-0.2, -0.15) is 0 Å². The number of hydrogen-bond donors (Lipinski definition) is 1. The Labute approximate surface area is 72.4 Å². The van der Waals surface area contributed by atoms with Crippen LogP contribution in [0.1, 0.15) is 20.8 Å². The molecule has 3 heteroatoms. The lowest BCUT2D eigenvalue weighted by atomic mass is 9.98. The monoisotopic (exact) mass is 168 g/mol. The molecule has 1 heterocycles. The van der Waals surface area contributed by atoms with Gasteiger partial charge >= 0.3 is 5.69 Å². The van der Waals surface area contributed by atoms with Crippen LogP contribution in [0.15, 0.2) is 17.2 Å². The van der Waals surface area contributed by atoms with Gasteiger partial charge in [-0.05, 0) is 11.8 Å². The van der Waals surface area contributed by atoms with Crippen LogP contribution in [0.3, 0.4) is 0 Å². The number of nitrogens with zero attached hydrogens (tertiary/aromatic N) is 1. The lowest BCUT2D eigenvalue weighted by molar-refractivity contribution is 0.361. The first-order valence-electron chi connectivity index (χ1n) is 4.35. The zero-order valence-corrected chi connectivity index (χ0v) is 7.87. The molecule has 1 aromatic heterocycles. The van der Waals surface area contributed by atoms with E-state index < -0.39 is 0 Å². The third-order valence-electron chi connectivity index (χ3n) is 2.34. The molecule has 0 aromatic carbocycles. The predicted octanol–water partition coefficient (Wildman–Crippen LogP) is 1.47. The van der Waals surface area contributed by atoms with Crippen LogP contribution >= 0.6 is 0 Å². The highest BCUT2D eigenvalue weighted by atomic mass is 16.1. The van der Waals surface area contributed by atoms with Crippen molar-refractivity contribution in [3.05, 3.63) is 22.9 Å². The van der Waals surface area contributed by atoms with Crippen molar-refractivity contribution in [2.45, 2.75) is 27.3 Å². The molecule has 1 atom stereocenters. The average molecular weight is 168 g/mol. The molecule has 0 aliphatic heterocycles. The first kappa shape index (κ1) is 9.10. The van der Waals surface area contributed by atoms with E-state index in [0.717, 1.165) is 6.54 Å². The number of aromatic nitrogens is 2. The molecule has 1 rings (SSSR count). The fraction of sp³-hybridized carbons (Fsp3) is 0.667. The molecule has 1 N–H and O–H groups in total. The summed E-state index contributed by atoms with van der Waals surface area (Å²) in [6.45, 7) is 7.30. The third-order valence-corrected chi connectivity index (χ3v) is 2.34. The molecule has 0 bridgehead atoms. The minimum absolute atomic E-state index is 0.0116. The van der Waals surface area contributed by atoms with Gasteiger partial charge in [-0.15, -0.1) is 0 Å². The number of hydrogen-bond acceptors (Lipinski definition) is 1. The predicted molar refractivity (Wildman–Crippen MR) is 49.1 cm³/mol. The van der Waals surface area contributed by atoms with Crippen molar-refractivity contribution in [1.29, 1.82) is 0 Å². The Bertz CT molecular complexity index is 285. The highest BCUT2D eigenvalue weighted by Gasteiger charge is 2.08. The first-order chi connectivity index (χ1) is 5.61. The molecular weight excluding hydrogens is 152 g/mol. The van der Waals surface area contributed by atoms with Gasteiger partial charge in [0, 0.05) is 18.9 Å². The molecule has 68 valence electrons. The Morgan fingerprint density at radius 1 is 1.50 bits per heavy atom. The van der Waals surface area contributed by atoms with Gasteiger partial charge in [-0.25, -0.2) is 4.79 Å². The summed E-state index contributed by atoms with van der Waals surface area (Å²) in [5.74, 6) is 1.16. The quantitative estimate of drug-likeness (QED) is 0.729. The lowest BCUT2D eigenvalue weighted by Gasteiger charge is -2.14. The summed E-state index contributed by atoms with van der Waals surface area (Å²) < 4.78 is 1.71. The zero-order chi connectivity index (χ0) is 9.14. The summed E-state index contributed by atoms with van der Waals surface area (Å²) >= 11 is 0. The Morgan fingerprint density at radius 3 is 2.58 bits per heavy atom. The van der Waals surface area contributed by atoms with E-state index >= 15 is 0 Å². The van der Waals surface area contributed by atoms with E-state index in [4.69, 9.17) is 0 Å². The van der Waals surface area contributed by atoms with Crippen LogP contribution in [-0.4, -0.2) is 9.55 Å². The second-order valence-corrected chi connectivity index (χ2v) is 3.64. The van der Waals surface area contributed by atoms with Crippen LogP contribution in [0, 0.1) is 11.8 Å². The van der Waals surface area contributed by atoms with Gasteiger partial charge in [0.2, 0.25) is 0 Å². The molecule has 0 amide bonds. The highest BCUT2D eigenvalue weighted by molar-refractivity contribution is 4.76. The molecule has 0 fully saturated rings. The van der Waals surface area contributed by atoms with Crippen molar-refractivity contribution < 1.29 is 0 Å². The first-order valence-corrected chi connectivity index (χ1v) is 4.35. The van der Waals surface area contributed by atoms with E-state index in [0.29, 0.717) is 11.8 Å². The van der Waals surface area contributed by atoms with E-state index in [2.05, 4.69) is 25.8 Å². The highest BCUT2D eigenvalue weighted by Crippen LogP contribution is 2.10. The van der Waals surface area contributed by atoms with Crippen LogP contribution in [0.2, 0.25) is 0 Å². The molecule has 1 unspecified atom stereocenters. The summed E-state index contributed by atoms with van der Waals surface area (Å²) in [4.78, 5) is 13.7. The minimum Gasteiger partial charge on any atom is -0.313 e. The SMILES string of the molecule is CC(C)C(C)Cn1cc[nH]c1=O. The zero-order valence-electron chi connectivity index (χ0n) is 7.87. The minimum atomic E-state index is -0.0116. The summed E-state index contributed by atoms with van der Waals surface area (Å²) in [5.41, 5.74) is -0.0116. The van der Waals surface area contributed by atoms with Gasteiger partial charge in [-0.1, -0.05) is 20.8 Å². The van der Waals surface area contributed by atoms with Gasteiger partial charge in [0.15, 0.2) is 0 Å². The van der Waals surface area contributed by atoms with Crippen LogP contribution in [0.5, 0.6) is 0 Å². The van der Waals surface area contributed by atoms with E-state index in [1.807, 2.05) is 0 Å². The van der Waals surface area contributed by atoms with E-state index in [1.165, 1.54) is 0 Å². The second kappa shape index (κ2) is 3.61. The number of aromatic amines is 1. The van der Waals surface area contributed by atoms with Crippen molar-refractivity contribution >= 4 is 0 Å². The van der Waals surface area contributed by atoms with Gasteiger partial charge in [0.05, 0.1) is 0 Å². The average Bonchev–Trinajstić information content (AvgIpc) is 2.36. The fourth-order valence-electron chi connectivity index (χ4n) is 1.01. The van der Waals surface area contributed by atoms with Crippen LogP contribution in [0.4, 0.5) is 0 Å². The molecule has 0 radical (unpaired) electrons. The van der Waals surface area contributed by atoms with Crippen molar-refractivity contribution in [2.75, 3.05) is 0 Å². The van der Waals surface area contributed by atoms with Gasteiger partial charge in [0.25, 0.3) is 0 Å². The van der Waals surface area contributed by atoms with Crippen molar-refractivity contribution in [3.63, 3.8) is 0 Å². The topological polar surface area (TPSA) is 37.8 Å². The molecular formula is C9H16N2O. The van der Waals surface area contributed by atoms with Crippen molar-refractivity contribution in [1.82, 2.24) is 9.55 Å². The van der Waals surface area contributed by atoms with Crippen molar-refractivity contribution in [3.8, 4) is 0 Å². The van der Waals surface area contributed by atoms with Gasteiger partial charge in [-0.3, -0.25) is 4.57 Å². The fourth-order valence-corrected chi connectivity index (χ4v) is 1.01. The number of rotatable bonds is 3. The normalized spacial score (nSPS) is 13.7. The molecule has 0 aliphatic carbocycles. The molecule has 0 aliphatic rings. The van der Waals surface area contributed by atoms with Crippen LogP contribution in [-0.2, 0) is 6.54 Å². The Balaban J connectivity index is 2.64. The third kappa shape index (κ3) is 2.00. The molecule has 0 saturated carbocycles. The number of nitrogens with one attached hydrogen (secondary N) is 1. The van der Waals surface area contributed by atoms with Crippen LogP contribution < -0.4 is 5.69 Å². The molecule has 1 aromatic rings. The second-order valence-electron chi connectivity index (χ2n) is 3.64.